The molecule has 94 valence electrons. The molecular formula is C14H15NO3. The summed E-state index contributed by atoms with van der Waals surface area (Å²) in [6.45, 7) is 3.71. The van der Waals surface area contributed by atoms with E-state index in [1.807, 2.05) is 44.2 Å². The van der Waals surface area contributed by atoms with E-state index in [4.69, 9.17) is 9.15 Å². The van der Waals surface area contributed by atoms with E-state index in [-0.39, 0.29) is 5.76 Å². The average molecular weight is 245 g/mol. The van der Waals surface area contributed by atoms with Crippen molar-refractivity contribution < 1.29 is 9.15 Å². The van der Waals surface area contributed by atoms with Crippen LogP contribution in [0.25, 0.3) is 17.8 Å². The lowest BCUT2D eigenvalue weighted by Gasteiger charge is -2.02. The van der Waals surface area contributed by atoms with Crippen LogP contribution in [-0.4, -0.2) is 11.7 Å². The Bertz CT molecular complexity index is 705. The average Bonchev–Trinajstić information content (AvgIpc) is 2.74. The minimum absolute atomic E-state index is 0.388. The van der Waals surface area contributed by atoms with Gasteiger partial charge in [0.15, 0.2) is 5.42 Å². The Morgan fingerprint density at radius 2 is 1.83 bits per heavy atom. The Kier molecular flexibility index (Phi) is 3.37. The lowest BCUT2D eigenvalue weighted by Crippen LogP contribution is -2.30. The molecule has 0 spiro atoms. The van der Waals surface area contributed by atoms with Crippen molar-refractivity contribution in [2.75, 3.05) is 7.11 Å². The SMILES string of the molecule is C/C=c1\oc(=O)n(-c2ccc(OC)cc2)\c1=C/C. The normalized spacial score (nSPS) is 13.1. The number of methoxy groups -OCH3 is 1. The van der Waals surface area contributed by atoms with Gasteiger partial charge in [0.2, 0.25) is 0 Å². The maximum absolute atomic E-state index is 11.9. The summed E-state index contributed by atoms with van der Waals surface area (Å²) in [5.74, 6) is 0.362. The number of oxazole rings is 1. The highest BCUT2D eigenvalue weighted by atomic mass is 16.5. The Labute approximate surface area is 104 Å². The molecule has 0 radical (unpaired) electrons. The smallest absolute Gasteiger partial charge is 0.424 e. The molecule has 4 heteroatoms. The molecular weight excluding hydrogens is 230 g/mol. The second kappa shape index (κ2) is 4.96. The number of hydrogen-bond acceptors (Lipinski definition) is 3. The van der Waals surface area contributed by atoms with E-state index in [1.165, 1.54) is 4.57 Å². The minimum Gasteiger partial charge on any atom is -0.497 e. The van der Waals surface area contributed by atoms with Gasteiger partial charge in [0.1, 0.15) is 5.75 Å². The van der Waals surface area contributed by atoms with E-state index < -0.39 is 0 Å². The molecule has 0 saturated carbocycles. The topological polar surface area (TPSA) is 44.4 Å². The molecule has 0 aliphatic rings. The van der Waals surface area contributed by atoms with Crippen molar-refractivity contribution in [3.05, 3.63) is 45.6 Å². The molecule has 0 amide bonds. The van der Waals surface area contributed by atoms with Gasteiger partial charge in [0, 0.05) is 0 Å². The van der Waals surface area contributed by atoms with Gasteiger partial charge in [-0.15, -0.1) is 0 Å². The van der Waals surface area contributed by atoms with Crippen LogP contribution >= 0.6 is 0 Å². The summed E-state index contributed by atoms with van der Waals surface area (Å²) in [6, 6.07) is 7.26. The van der Waals surface area contributed by atoms with Gasteiger partial charge in [-0.3, -0.25) is 0 Å². The zero-order valence-corrected chi connectivity index (χ0v) is 10.6. The zero-order valence-electron chi connectivity index (χ0n) is 10.6. The van der Waals surface area contributed by atoms with Gasteiger partial charge in [0.25, 0.3) is 0 Å². The maximum atomic E-state index is 11.9. The predicted octanol–water partition coefficient (Wildman–Crippen LogP) is 1.04. The van der Waals surface area contributed by atoms with Crippen LogP contribution in [0.4, 0.5) is 0 Å². The third kappa shape index (κ3) is 1.97. The molecule has 4 nitrogen and oxygen atoms in total. The summed E-state index contributed by atoms with van der Waals surface area (Å²) < 4.78 is 11.8. The molecule has 0 N–H and O–H groups in total. The lowest BCUT2D eigenvalue weighted by molar-refractivity contribution is 0.414. The lowest BCUT2D eigenvalue weighted by atomic mass is 10.3. The van der Waals surface area contributed by atoms with E-state index in [9.17, 15) is 4.79 Å². The number of ether oxygens (including phenoxy) is 1. The minimum atomic E-state index is -0.388. The van der Waals surface area contributed by atoms with Crippen LogP contribution in [0.2, 0.25) is 0 Å². The molecule has 0 bridgehead atoms. The van der Waals surface area contributed by atoms with Crippen LogP contribution in [0.5, 0.6) is 5.75 Å². The number of rotatable bonds is 2. The maximum Gasteiger partial charge on any atom is 0.424 e. The molecule has 1 heterocycles. The second-order valence-corrected chi connectivity index (χ2v) is 3.73. The molecule has 18 heavy (non-hydrogen) atoms. The van der Waals surface area contributed by atoms with Crippen molar-refractivity contribution in [1.29, 1.82) is 0 Å². The highest BCUT2D eigenvalue weighted by molar-refractivity contribution is 5.38. The van der Waals surface area contributed by atoms with E-state index in [2.05, 4.69) is 0 Å². The van der Waals surface area contributed by atoms with E-state index >= 15 is 0 Å². The van der Waals surface area contributed by atoms with Gasteiger partial charge in [0.05, 0.1) is 18.1 Å². The van der Waals surface area contributed by atoms with Gasteiger partial charge in [-0.05, 0) is 44.2 Å². The first-order chi connectivity index (χ1) is 8.71. The van der Waals surface area contributed by atoms with Gasteiger partial charge in [-0.2, -0.15) is 0 Å². The van der Waals surface area contributed by atoms with Crippen LogP contribution in [0.15, 0.2) is 33.5 Å². The molecule has 0 aliphatic carbocycles. The number of nitrogens with zero attached hydrogens (tertiary/aromatic N) is 1. The van der Waals surface area contributed by atoms with Crippen LogP contribution in [-0.2, 0) is 0 Å². The fourth-order valence-electron chi connectivity index (χ4n) is 1.85. The first-order valence-electron chi connectivity index (χ1n) is 5.70. The van der Waals surface area contributed by atoms with E-state index in [0.717, 1.165) is 16.8 Å². The van der Waals surface area contributed by atoms with Crippen LogP contribution in [0.3, 0.4) is 0 Å². The van der Waals surface area contributed by atoms with Crippen molar-refractivity contribution in [1.82, 2.24) is 4.57 Å². The summed E-state index contributed by atoms with van der Waals surface area (Å²) in [5.41, 5.74) is 1.34. The third-order valence-corrected chi connectivity index (χ3v) is 2.74. The summed E-state index contributed by atoms with van der Waals surface area (Å²) >= 11 is 0. The van der Waals surface area contributed by atoms with Crippen molar-refractivity contribution in [2.24, 2.45) is 0 Å². The van der Waals surface area contributed by atoms with Crippen molar-refractivity contribution in [2.45, 2.75) is 13.8 Å². The molecule has 0 aliphatic heterocycles. The molecule has 0 atom stereocenters. The van der Waals surface area contributed by atoms with E-state index in [1.54, 1.807) is 13.2 Å². The standard InChI is InChI=1S/C14H15NO3/c1-4-12-13(5-2)18-14(16)15(12)10-6-8-11(17-3)9-7-10/h4-9H,1-3H3/b12-4-,13-5-. The first-order valence-corrected chi connectivity index (χ1v) is 5.70. The second-order valence-electron chi connectivity index (χ2n) is 3.73. The van der Waals surface area contributed by atoms with Crippen molar-refractivity contribution >= 4 is 12.2 Å². The van der Waals surface area contributed by atoms with Crippen LogP contribution in [0, 0.1) is 0 Å². The van der Waals surface area contributed by atoms with Gasteiger partial charge in [-0.1, -0.05) is 6.08 Å². The molecule has 0 saturated heterocycles. The first kappa shape index (κ1) is 12.2. The van der Waals surface area contributed by atoms with Crippen LogP contribution in [0.1, 0.15) is 13.8 Å². The third-order valence-electron chi connectivity index (χ3n) is 2.74. The van der Waals surface area contributed by atoms with Crippen LogP contribution < -0.4 is 21.3 Å². The van der Waals surface area contributed by atoms with E-state index in [0.29, 0.717) is 5.42 Å². The highest BCUT2D eigenvalue weighted by Gasteiger charge is 2.06. The van der Waals surface area contributed by atoms with Gasteiger partial charge < -0.3 is 9.15 Å². The molecule has 2 rings (SSSR count). The Morgan fingerprint density at radius 1 is 1.17 bits per heavy atom. The predicted molar refractivity (Wildman–Crippen MR) is 70.4 cm³/mol. The fraction of sp³-hybridized carbons (Fsp3) is 0.214. The summed E-state index contributed by atoms with van der Waals surface area (Å²) in [4.78, 5) is 11.9. The van der Waals surface area contributed by atoms with Crippen molar-refractivity contribution in [3.8, 4) is 11.4 Å². The Hall–Kier alpha value is -2.23. The fourth-order valence-corrected chi connectivity index (χ4v) is 1.85. The molecule has 1 aromatic heterocycles. The number of aromatic nitrogens is 1. The highest BCUT2D eigenvalue weighted by Crippen LogP contribution is 2.12. The van der Waals surface area contributed by atoms with Gasteiger partial charge in [-0.25, -0.2) is 9.36 Å². The summed E-state index contributed by atoms with van der Waals surface area (Å²) in [6.07, 6.45) is 3.63. The Morgan fingerprint density at radius 3 is 2.33 bits per heavy atom. The monoisotopic (exact) mass is 245 g/mol. The summed E-state index contributed by atoms with van der Waals surface area (Å²) in [5, 5.41) is 0.757. The molecule has 2 aromatic rings. The Balaban J connectivity index is 2.71. The molecule has 0 unspecified atom stereocenters. The number of benzene rings is 1. The largest absolute Gasteiger partial charge is 0.497 e. The zero-order chi connectivity index (χ0) is 13.1. The van der Waals surface area contributed by atoms with Crippen molar-refractivity contribution in [3.63, 3.8) is 0 Å². The van der Waals surface area contributed by atoms with Gasteiger partial charge >= 0.3 is 5.76 Å². The quantitative estimate of drug-likeness (QED) is 0.794. The molecule has 0 fully saturated rings. The summed E-state index contributed by atoms with van der Waals surface area (Å²) in [7, 11) is 1.61. The molecule has 1 aromatic carbocycles. The number of hydrogen-bond donors (Lipinski definition) is 0.